The van der Waals surface area contributed by atoms with Gasteiger partial charge >= 0.3 is 0 Å². The molecule has 4 rings (SSSR count). The molecule has 156 valence electrons. The summed E-state index contributed by atoms with van der Waals surface area (Å²) in [7, 11) is 0. The SMILES string of the molecule is Cc1ccc(N2CCN(Cc3nc(C(=O)N[C@H](C)c4ccccc4)cs3)CC2)cc1. The minimum absolute atomic E-state index is 0.0429. The number of benzene rings is 2. The molecule has 0 spiro atoms. The fraction of sp³-hybridized carbons (Fsp3) is 0.333. The second kappa shape index (κ2) is 9.41. The van der Waals surface area contributed by atoms with Crippen LogP contribution in [-0.2, 0) is 6.54 Å². The zero-order valence-electron chi connectivity index (χ0n) is 17.5. The van der Waals surface area contributed by atoms with E-state index in [9.17, 15) is 4.79 Å². The van der Waals surface area contributed by atoms with Gasteiger partial charge in [0.05, 0.1) is 12.6 Å². The van der Waals surface area contributed by atoms with Gasteiger partial charge in [0.2, 0.25) is 0 Å². The zero-order chi connectivity index (χ0) is 20.9. The van der Waals surface area contributed by atoms with Crippen molar-refractivity contribution in [3.05, 3.63) is 81.8 Å². The molecule has 1 atom stereocenters. The Bertz CT molecular complexity index is 962. The molecular formula is C24H28N4OS. The third-order valence-corrected chi connectivity index (χ3v) is 6.40. The molecule has 30 heavy (non-hydrogen) atoms. The highest BCUT2D eigenvalue weighted by molar-refractivity contribution is 7.09. The number of aromatic nitrogens is 1. The normalized spacial score (nSPS) is 15.7. The Balaban J connectivity index is 1.28. The van der Waals surface area contributed by atoms with E-state index in [4.69, 9.17) is 0 Å². The van der Waals surface area contributed by atoms with Gasteiger partial charge < -0.3 is 10.2 Å². The van der Waals surface area contributed by atoms with Crippen molar-refractivity contribution in [2.45, 2.75) is 26.4 Å². The molecule has 1 amide bonds. The highest BCUT2D eigenvalue weighted by Crippen LogP contribution is 2.19. The van der Waals surface area contributed by atoms with E-state index in [0.717, 1.165) is 43.3 Å². The second-order valence-electron chi connectivity index (χ2n) is 7.83. The highest BCUT2D eigenvalue weighted by Gasteiger charge is 2.20. The van der Waals surface area contributed by atoms with Gasteiger partial charge in [-0.2, -0.15) is 0 Å². The molecule has 0 unspecified atom stereocenters. The maximum atomic E-state index is 12.6. The van der Waals surface area contributed by atoms with Gasteiger partial charge in [-0.3, -0.25) is 9.69 Å². The smallest absolute Gasteiger partial charge is 0.271 e. The lowest BCUT2D eigenvalue weighted by Gasteiger charge is -2.35. The Labute approximate surface area is 182 Å². The fourth-order valence-corrected chi connectivity index (χ4v) is 4.51. The number of carbonyl (C=O) groups is 1. The molecule has 2 heterocycles. The van der Waals surface area contributed by atoms with E-state index in [1.54, 1.807) is 11.3 Å². The van der Waals surface area contributed by atoms with Crippen molar-refractivity contribution in [2.75, 3.05) is 31.1 Å². The maximum Gasteiger partial charge on any atom is 0.271 e. The molecule has 1 saturated heterocycles. The first-order valence-electron chi connectivity index (χ1n) is 10.4. The molecule has 0 saturated carbocycles. The van der Waals surface area contributed by atoms with Gasteiger partial charge in [-0.1, -0.05) is 48.0 Å². The molecule has 0 radical (unpaired) electrons. The number of aryl methyl sites for hydroxylation is 1. The minimum Gasteiger partial charge on any atom is -0.369 e. The van der Waals surface area contributed by atoms with Gasteiger partial charge in [-0.05, 0) is 31.5 Å². The summed E-state index contributed by atoms with van der Waals surface area (Å²) in [5, 5.41) is 5.90. The molecule has 2 aromatic carbocycles. The first-order valence-corrected chi connectivity index (χ1v) is 11.3. The lowest BCUT2D eigenvalue weighted by molar-refractivity contribution is 0.0935. The molecule has 1 fully saturated rings. The van der Waals surface area contributed by atoms with Crippen molar-refractivity contribution in [1.82, 2.24) is 15.2 Å². The quantitative estimate of drug-likeness (QED) is 0.647. The van der Waals surface area contributed by atoms with Crippen LogP contribution in [0.3, 0.4) is 0 Å². The summed E-state index contributed by atoms with van der Waals surface area (Å²) >= 11 is 1.57. The van der Waals surface area contributed by atoms with Gasteiger partial charge in [-0.15, -0.1) is 11.3 Å². The number of rotatable bonds is 6. The Kier molecular flexibility index (Phi) is 6.45. The number of carbonyl (C=O) groups excluding carboxylic acids is 1. The molecule has 5 nitrogen and oxygen atoms in total. The molecule has 0 aliphatic carbocycles. The van der Waals surface area contributed by atoms with E-state index in [2.05, 4.69) is 51.3 Å². The van der Waals surface area contributed by atoms with E-state index < -0.39 is 0 Å². The molecule has 1 aromatic heterocycles. The number of hydrogen-bond acceptors (Lipinski definition) is 5. The summed E-state index contributed by atoms with van der Waals surface area (Å²) in [5.41, 5.74) is 4.18. The van der Waals surface area contributed by atoms with Crippen LogP contribution in [0.1, 0.15) is 39.6 Å². The number of thiazole rings is 1. The summed E-state index contributed by atoms with van der Waals surface area (Å²) < 4.78 is 0. The van der Waals surface area contributed by atoms with Crippen molar-refractivity contribution in [3.63, 3.8) is 0 Å². The summed E-state index contributed by atoms with van der Waals surface area (Å²) in [6.07, 6.45) is 0. The van der Waals surface area contributed by atoms with E-state index in [1.807, 2.05) is 42.6 Å². The fourth-order valence-electron chi connectivity index (χ4n) is 3.69. The van der Waals surface area contributed by atoms with Crippen molar-refractivity contribution in [3.8, 4) is 0 Å². The van der Waals surface area contributed by atoms with Crippen molar-refractivity contribution >= 4 is 22.9 Å². The number of nitrogens with one attached hydrogen (secondary N) is 1. The molecule has 6 heteroatoms. The Morgan fingerprint density at radius 3 is 2.47 bits per heavy atom. The van der Waals surface area contributed by atoms with Gasteiger partial charge in [0.25, 0.3) is 5.91 Å². The minimum atomic E-state index is -0.113. The van der Waals surface area contributed by atoms with Crippen molar-refractivity contribution in [1.29, 1.82) is 0 Å². The van der Waals surface area contributed by atoms with Crippen LogP contribution in [-0.4, -0.2) is 42.0 Å². The zero-order valence-corrected chi connectivity index (χ0v) is 18.4. The number of hydrogen-bond donors (Lipinski definition) is 1. The van der Waals surface area contributed by atoms with Crippen molar-refractivity contribution < 1.29 is 4.79 Å². The predicted molar refractivity (Wildman–Crippen MR) is 123 cm³/mol. The molecular weight excluding hydrogens is 392 g/mol. The number of amides is 1. The Morgan fingerprint density at radius 2 is 1.77 bits per heavy atom. The van der Waals surface area contributed by atoms with Crippen LogP contribution in [0.2, 0.25) is 0 Å². The van der Waals surface area contributed by atoms with Crippen molar-refractivity contribution in [2.24, 2.45) is 0 Å². The van der Waals surface area contributed by atoms with Gasteiger partial charge in [0.15, 0.2) is 0 Å². The Hall–Kier alpha value is -2.70. The standard InChI is InChI=1S/C24H28N4OS/c1-18-8-10-21(11-9-18)28-14-12-27(13-15-28)16-23-26-22(17-30-23)24(29)25-19(2)20-6-4-3-5-7-20/h3-11,17,19H,12-16H2,1-2H3,(H,25,29)/t19-/m1/s1. The van der Waals surface area contributed by atoms with Crippen LogP contribution in [0.4, 0.5) is 5.69 Å². The molecule has 1 aliphatic heterocycles. The Morgan fingerprint density at radius 1 is 1.07 bits per heavy atom. The van der Waals surface area contributed by atoms with Crippen LogP contribution in [0.5, 0.6) is 0 Å². The molecule has 0 bridgehead atoms. The molecule has 1 aliphatic rings. The first kappa shape index (κ1) is 20.6. The summed E-state index contributed by atoms with van der Waals surface area (Å²) in [6, 6.07) is 18.7. The second-order valence-corrected chi connectivity index (χ2v) is 8.77. The third-order valence-electron chi connectivity index (χ3n) is 5.56. The van der Waals surface area contributed by atoms with Crippen LogP contribution < -0.4 is 10.2 Å². The van der Waals surface area contributed by atoms with E-state index >= 15 is 0 Å². The lowest BCUT2D eigenvalue weighted by Crippen LogP contribution is -2.45. The molecule has 3 aromatic rings. The third kappa shape index (κ3) is 5.07. The average Bonchev–Trinajstić information content (AvgIpc) is 3.24. The van der Waals surface area contributed by atoms with E-state index in [-0.39, 0.29) is 11.9 Å². The largest absolute Gasteiger partial charge is 0.369 e. The lowest BCUT2D eigenvalue weighted by atomic mass is 10.1. The number of nitrogens with zero attached hydrogens (tertiary/aromatic N) is 3. The summed E-state index contributed by atoms with van der Waals surface area (Å²) in [6.45, 7) is 8.93. The summed E-state index contributed by atoms with van der Waals surface area (Å²) in [5.74, 6) is -0.113. The average molecular weight is 421 g/mol. The maximum absolute atomic E-state index is 12.6. The van der Waals surface area contributed by atoms with E-state index in [1.165, 1.54) is 11.3 Å². The first-order chi connectivity index (χ1) is 14.6. The van der Waals surface area contributed by atoms with Gasteiger partial charge in [0.1, 0.15) is 10.7 Å². The van der Waals surface area contributed by atoms with Gasteiger partial charge in [-0.25, -0.2) is 4.98 Å². The number of anilines is 1. The predicted octanol–water partition coefficient (Wildman–Crippen LogP) is 4.26. The van der Waals surface area contributed by atoms with Crippen LogP contribution in [0.25, 0.3) is 0 Å². The summed E-state index contributed by atoms with van der Waals surface area (Å²) in [4.78, 5) is 22.0. The highest BCUT2D eigenvalue weighted by atomic mass is 32.1. The number of piperazine rings is 1. The molecule has 1 N–H and O–H groups in total. The topological polar surface area (TPSA) is 48.5 Å². The monoisotopic (exact) mass is 420 g/mol. The van der Waals surface area contributed by atoms with Crippen LogP contribution in [0, 0.1) is 6.92 Å². The van der Waals surface area contributed by atoms with Crippen LogP contribution in [0.15, 0.2) is 60.0 Å². The van der Waals surface area contributed by atoms with E-state index in [0.29, 0.717) is 5.69 Å². The van der Waals surface area contributed by atoms with Gasteiger partial charge in [0, 0.05) is 37.2 Å². The van der Waals surface area contributed by atoms with Crippen LogP contribution >= 0.6 is 11.3 Å².